The van der Waals surface area contributed by atoms with Gasteiger partial charge in [0.05, 0.1) is 12.2 Å². The quantitative estimate of drug-likeness (QED) is 0.857. The van der Waals surface area contributed by atoms with Crippen LogP contribution in [0.3, 0.4) is 0 Å². The molecule has 5 nitrogen and oxygen atoms in total. The molecule has 1 saturated heterocycles. The molecule has 1 aliphatic heterocycles. The summed E-state index contributed by atoms with van der Waals surface area (Å²) in [7, 11) is 0. The minimum absolute atomic E-state index is 0.0856. The molecule has 1 heterocycles. The van der Waals surface area contributed by atoms with Crippen molar-refractivity contribution in [3.05, 3.63) is 29.8 Å². The Morgan fingerprint density at radius 2 is 1.90 bits per heavy atom. The van der Waals surface area contributed by atoms with Crippen molar-refractivity contribution in [3.8, 4) is 0 Å². The van der Waals surface area contributed by atoms with Crippen LogP contribution in [0.1, 0.15) is 24.2 Å². The number of aliphatic hydroxyl groups is 1. The summed E-state index contributed by atoms with van der Waals surface area (Å²) in [6.45, 7) is 8.08. The fourth-order valence-electron chi connectivity index (χ4n) is 2.59. The van der Waals surface area contributed by atoms with Crippen LogP contribution in [0.15, 0.2) is 24.3 Å². The zero-order valence-electron chi connectivity index (χ0n) is 12.9. The molecular weight excluding hydrogens is 266 g/mol. The lowest BCUT2D eigenvalue weighted by molar-refractivity contribution is 0.0616. The van der Waals surface area contributed by atoms with Gasteiger partial charge in [-0.2, -0.15) is 0 Å². The third-order valence-electron chi connectivity index (χ3n) is 3.68. The number of hydrogen-bond acceptors (Lipinski definition) is 4. The third kappa shape index (κ3) is 4.19. The Bertz CT molecular complexity index is 468. The van der Waals surface area contributed by atoms with Gasteiger partial charge in [-0.1, -0.05) is 12.1 Å². The molecule has 0 saturated carbocycles. The molecule has 1 amide bonds. The number of β-amino-alcohol motifs (C(OH)–C–C–N with tert-alkyl or cyclic N) is 1. The second-order valence-corrected chi connectivity index (χ2v) is 5.70. The van der Waals surface area contributed by atoms with Crippen molar-refractivity contribution in [1.29, 1.82) is 0 Å². The van der Waals surface area contributed by atoms with Crippen LogP contribution in [-0.4, -0.2) is 66.2 Å². The van der Waals surface area contributed by atoms with Gasteiger partial charge < -0.3 is 15.3 Å². The molecule has 2 rings (SSSR count). The Kier molecular flexibility index (Phi) is 5.59. The van der Waals surface area contributed by atoms with Crippen molar-refractivity contribution in [3.63, 3.8) is 0 Å². The molecule has 116 valence electrons. The molecule has 1 aromatic carbocycles. The van der Waals surface area contributed by atoms with Crippen molar-refractivity contribution in [2.45, 2.75) is 19.9 Å². The summed E-state index contributed by atoms with van der Waals surface area (Å²) in [5.41, 5.74) is 1.64. The van der Waals surface area contributed by atoms with Gasteiger partial charge in [0.25, 0.3) is 5.91 Å². The zero-order valence-corrected chi connectivity index (χ0v) is 12.9. The highest BCUT2D eigenvalue weighted by Crippen LogP contribution is 2.19. The molecule has 0 radical (unpaired) electrons. The van der Waals surface area contributed by atoms with E-state index in [4.69, 9.17) is 5.11 Å². The number of hydrogen-bond donors (Lipinski definition) is 2. The van der Waals surface area contributed by atoms with Gasteiger partial charge in [0.1, 0.15) is 0 Å². The first-order chi connectivity index (χ1) is 10.1. The maximum absolute atomic E-state index is 12.7. The number of amides is 1. The molecule has 2 N–H and O–H groups in total. The molecule has 0 spiro atoms. The van der Waals surface area contributed by atoms with Crippen LogP contribution in [0, 0.1) is 0 Å². The Balaban J connectivity index is 2.04. The average molecular weight is 291 g/mol. The molecule has 5 heteroatoms. The largest absolute Gasteiger partial charge is 0.395 e. The number of rotatable bonds is 5. The lowest BCUT2D eigenvalue weighted by Gasteiger charge is -2.34. The second kappa shape index (κ2) is 7.43. The maximum atomic E-state index is 12.7. The number of carbonyl (C=O) groups excluding carboxylic acids is 1. The van der Waals surface area contributed by atoms with E-state index in [-0.39, 0.29) is 12.5 Å². The van der Waals surface area contributed by atoms with Crippen LogP contribution in [-0.2, 0) is 0 Å². The summed E-state index contributed by atoms with van der Waals surface area (Å²) in [5, 5.41) is 12.3. The van der Waals surface area contributed by atoms with Gasteiger partial charge >= 0.3 is 0 Å². The van der Waals surface area contributed by atoms with E-state index in [1.54, 1.807) is 0 Å². The predicted molar refractivity (Wildman–Crippen MR) is 84.6 cm³/mol. The normalized spacial score (nSPS) is 16.3. The summed E-state index contributed by atoms with van der Waals surface area (Å²) in [6.07, 6.45) is 0. The fraction of sp³-hybridized carbons (Fsp3) is 0.562. The number of nitrogens with zero attached hydrogens (tertiary/aromatic N) is 2. The Hall–Kier alpha value is -1.59. The lowest BCUT2D eigenvalue weighted by Crippen LogP contribution is -2.49. The number of benzene rings is 1. The molecule has 1 aromatic rings. The molecule has 1 fully saturated rings. The molecule has 1 aliphatic rings. The summed E-state index contributed by atoms with van der Waals surface area (Å²) < 4.78 is 0. The van der Waals surface area contributed by atoms with Gasteiger partial charge in [0.15, 0.2) is 0 Å². The van der Waals surface area contributed by atoms with E-state index in [1.165, 1.54) is 0 Å². The van der Waals surface area contributed by atoms with Crippen molar-refractivity contribution < 1.29 is 9.90 Å². The second-order valence-electron chi connectivity index (χ2n) is 5.70. The van der Waals surface area contributed by atoms with Crippen molar-refractivity contribution in [2.75, 3.05) is 44.6 Å². The van der Waals surface area contributed by atoms with E-state index >= 15 is 0 Å². The maximum Gasteiger partial charge on any atom is 0.256 e. The van der Waals surface area contributed by atoms with E-state index < -0.39 is 0 Å². The van der Waals surface area contributed by atoms with Crippen molar-refractivity contribution >= 4 is 11.6 Å². The van der Waals surface area contributed by atoms with E-state index in [1.807, 2.05) is 29.2 Å². The minimum Gasteiger partial charge on any atom is -0.395 e. The van der Waals surface area contributed by atoms with Crippen LogP contribution >= 0.6 is 0 Å². The highest BCUT2D eigenvalue weighted by Gasteiger charge is 2.23. The van der Waals surface area contributed by atoms with E-state index in [0.29, 0.717) is 12.6 Å². The van der Waals surface area contributed by atoms with Gasteiger partial charge in [0.2, 0.25) is 0 Å². The van der Waals surface area contributed by atoms with E-state index in [9.17, 15) is 4.79 Å². The molecule has 0 unspecified atom stereocenters. The van der Waals surface area contributed by atoms with Crippen molar-refractivity contribution in [2.24, 2.45) is 0 Å². The minimum atomic E-state index is 0.0856. The monoisotopic (exact) mass is 291 g/mol. The number of anilines is 1. The van der Waals surface area contributed by atoms with Gasteiger partial charge in [-0.15, -0.1) is 0 Å². The lowest BCUT2D eigenvalue weighted by atomic mass is 10.1. The summed E-state index contributed by atoms with van der Waals surface area (Å²) in [5.74, 6) is 0.0856. The fourth-order valence-corrected chi connectivity index (χ4v) is 2.59. The molecule has 0 aliphatic carbocycles. The summed E-state index contributed by atoms with van der Waals surface area (Å²) >= 11 is 0. The van der Waals surface area contributed by atoms with E-state index in [2.05, 4.69) is 24.1 Å². The first-order valence-electron chi connectivity index (χ1n) is 7.60. The van der Waals surface area contributed by atoms with Crippen LogP contribution in [0.2, 0.25) is 0 Å². The molecule has 0 atom stereocenters. The van der Waals surface area contributed by atoms with Crippen LogP contribution in [0.4, 0.5) is 5.69 Å². The van der Waals surface area contributed by atoms with Gasteiger partial charge in [-0.3, -0.25) is 9.69 Å². The van der Waals surface area contributed by atoms with Gasteiger partial charge in [0, 0.05) is 44.5 Å². The smallest absolute Gasteiger partial charge is 0.256 e. The Morgan fingerprint density at radius 1 is 1.24 bits per heavy atom. The number of carbonyl (C=O) groups is 1. The summed E-state index contributed by atoms with van der Waals surface area (Å²) in [6, 6.07) is 7.98. The number of aliphatic hydroxyl groups excluding tert-OH is 1. The number of para-hydroxylation sites is 1. The average Bonchev–Trinajstić information content (AvgIpc) is 2.48. The Morgan fingerprint density at radius 3 is 2.52 bits per heavy atom. The number of piperazine rings is 1. The van der Waals surface area contributed by atoms with Crippen LogP contribution in [0.5, 0.6) is 0 Å². The molecular formula is C16H25N3O2. The van der Waals surface area contributed by atoms with Gasteiger partial charge in [-0.25, -0.2) is 0 Å². The first kappa shape index (κ1) is 15.8. The zero-order chi connectivity index (χ0) is 15.2. The molecule has 0 bridgehead atoms. The standard InChI is InChI=1S/C16H25N3O2/c1-13(2)17-15-6-4-3-5-14(15)16(21)19-9-7-18(8-10-19)11-12-20/h3-6,13,17,20H,7-12H2,1-2H3. The van der Waals surface area contributed by atoms with Crippen LogP contribution in [0.25, 0.3) is 0 Å². The number of nitrogens with one attached hydrogen (secondary N) is 1. The van der Waals surface area contributed by atoms with Crippen LogP contribution < -0.4 is 5.32 Å². The van der Waals surface area contributed by atoms with E-state index in [0.717, 1.165) is 37.4 Å². The van der Waals surface area contributed by atoms with Crippen molar-refractivity contribution in [1.82, 2.24) is 9.80 Å². The molecule has 21 heavy (non-hydrogen) atoms. The SMILES string of the molecule is CC(C)Nc1ccccc1C(=O)N1CCN(CCO)CC1. The van der Waals surface area contributed by atoms with Gasteiger partial charge in [-0.05, 0) is 26.0 Å². The highest BCUT2D eigenvalue weighted by molar-refractivity contribution is 5.99. The first-order valence-corrected chi connectivity index (χ1v) is 7.60. The highest BCUT2D eigenvalue weighted by atomic mass is 16.3. The molecule has 0 aromatic heterocycles. The Labute approximate surface area is 126 Å². The predicted octanol–water partition coefficient (Wildman–Crippen LogP) is 1.26. The third-order valence-corrected chi connectivity index (χ3v) is 3.68. The summed E-state index contributed by atoms with van der Waals surface area (Å²) in [4.78, 5) is 16.8. The topological polar surface area (TPSA) is 55.8 Å².